The third-order valence-corrected chi connectivity index (χ3v) is 5.50. The molecule has 2 aliphatic rings. The minimum atomic E-state index is -3.01. The summed E-state index contributed by atoms with van der Waals surface area (Å²) in [5.74, 6) is 0.983. The van der Waals surface area contributed by atoms with Crippen molar-refractivity contribution >= 4 is 15.7 Å². The van der Waals surface area contributed by atoms with Crippen molar-refractivity contribution in [2.75, 3.05) is 18.6 Å². The maximum absolute atomic E-state index is 12.1. The SMILES string of the molecule is CS(=O)(=O)CCNC(=O)C1CC2CCCC(C1)C2N. The summed E-state index contributed by atoms with van der Waals surface area (Å²) >= 11 is 0. The van der Waals surface area contributed by atoms with Gasteiger partial charge in [0.25, 0.3) is 0 Å². The Balaban J connectivity index is 1.84. The van der Waals surface area contributed by atoms with Crippen molar-refractivity contribution in [3.8, 4) is 0 Å². The zero-order valence-electron chi connectivity index (χ0n) is 11.5. The van der Waals surface area contributed by atoms with Crippen LogP contribution in [0.5, 0.6) is 0 Å². The third-order valence-electron chi connectivity index (χ3n) is 4.56. The summed E-state index contributed by atoms with van der Waals surface area (Å²) in [5.41, 5.74) is 6.19. The Bertz CT molecular complexity index is 421. The van der Waals surface area contributed by atoms with Gasteiger partial charge in [-0.1, -0.05) is 6.42 Å². The Kier molecular flexibility index (Phi) is 4.50. The fraction of sp³-hybridized carbons (Fsp3) is 0.923. The topological polar surface area (TPSA) is 89.3 Å². The van der Waals surface area contributed by atoms with E-state index in [-0.39, 0.29) is 30.2 Å². The van der Waals surface area contributed by atoms with Crippen molar-refractivity contribution in [2.45, 2.75) is 38.1 Å². The van der Waals surface area contributed by atoms with Gasteiger partial charge in [-0.2, -0.15) is 0 Å². The highest BCUT2D eigenvalue weighted by atomic mass is 32.2. The van der Waals surface area contributed by atoms with Crippen LogP contribution in [-0.2, 0) is 14.6 Å². The number of nitrogens with two attached hydrogens (primary N) is 1. The second kappa shape index (κ2) is 5.79. The minimum absolute atomic E-state index is 0.00690. The molecule has 0 saturated heterocycles. The molecule has 0 aromatic rings. The van der Waals surface area contributed by atoms with Gasteiger partial charge in [0.1, 0.15) is 9.84 Å². The molecular weight excluding hydrogens is 264 g/mol. The van der Waals surface area contributed by atoms with Gasteiger partial charge in [-0.15, -0.1) is 0 Å². The van der Waals surface area contributed by atoms with Crippen LogP contribution in [0.2, 0.25) is 0 Å². The van der Waals surface area contributed by atoms with E-state index in [1.54, 1.807) is 0 Å². The number of fused-ring (bicyclic) bond motifs is 2. The van der Waals surface area contributed by atoms with Gasteiger partial charge in [0, 0.05) is 24.8 Å². The molecule has 1 amide bonds. The molecule has 0 aromatic heterocycles. The molecular formula is C13H24N2O3S. The van der Waals surface area contributed by atoms with Crippen LogP contribution in [0.3, 0.4) is 0 Å². The van der Waals surface area contributed by atoms with Crippen LogP contribution in [0.25, 0.3) is 0 Å². The molecule has 5 nitrogen and oxygen atoms in total. The molecule has 0 radical (unpaired) electrons. The molecule has 6 heteroatoms. The zero-order chi connectivity index (χ0) is 14.0. The Morgan fingerprint density at radius 3 is 2.37 bits per heavy atom. The van der Waals surface area contributed by atoms with Crippen LogP contribution in [0.1, 0.15) is 32.1 Å². The first-order valence-electron chi connectivity index (χ1n) is 7.08. The van der Waals surface area contributed by atoms with Crippen molar-refractivity contribution in [1.82, 2.24) is 5.32 Å². The molecule has 0 spiro atoms. The summed E-state index contributed by atoms with van der Waals surface area (Å²) in [6, 6.07) is 0.258. The van der Waals surface area contributed by atoms with E-state index < -0.39 is 9.84 Å². The predicted molar refractivity (Wildman–Crippen MR) is 74.3 cm³/mol. The quantitative estimate of drug-likeness (QED) is 0.778. The highest BCUT2D eigenvalue weighted by molar-refractivity contribution is 7.90. The predicted octanol–water partition coefficient (Wildman–Crippen LogP) is 0.301. The summed E-state index contributed by atoms with van der Waals surface area (Å²) < 4.78 is 22.0. The number of carbonyl (C=O) groups is 1. The lowest BCUT2D eigenvalue weighted by Crippen LogP contribution is -2.49. The van der Waals surface area contributed by atoms with E-state index in [2.05, 4.69) is 5.32 Å². The smallest absolute Gasteiger partial charge is 0.223 e. The van der Waals surface area contributed by atoms with Crippen LogP contribution in [0.4, 0.5) is 0 Å². The third kappa shape index (κ3) is 3.92. The molecule has 0 heterocycles. The lowest BCUT2D eigenvalue weighted by molar-refractivity contribution is -0.127. The lowest BCUT2D eigenvalue weighted by atomic mass is 9.65. The number of nitrogens with one attached hydrogen (secondary N) is 1. The first kappa shape index (κ1) is 14.8. The maximum atomic E-state index is 12.1. The minimum Gasteiger partial charge on any atom is -0.355 e. The number of hydrogen-bond donors (Lipinski definition) is 2. The van der Waals surface area contributed by atoms with Crippen LogP contribution >= 0.6 is 0 Å². The van der Waals surface area contributed by atoms with Crippen LogP contribution in [0, 0.1) is 17.8 Å². The Hall–Kier alpha value is -0.620. The zero-order valence-corrected chi connectivity index (χ0v) is 12.3. The van der Waals surface area contributed by atoms with Crippen LogP contribution < -0.4 is 11.1 Å². The van der Waals surface area contributed by atoms with Crippen LogP contribution in [-0.4, -0.2) is 38.9 Å². The summed E-state index contributed by atoms with van der Waals surface area (Å²) in [6.07, 6.45) is 6.40. The standard InChI is InChI=1S/C13H24N2O3S/c1-19(17,18)6-5-15-13(16)11-7-9-3-2-4-10(8-11)12(9)14/h9-12H,2-8,14H2,1H3,(H,15,16). The Morgan fingerprint density at radius 1 is 1.26 bits per heavy atom. The number of sulfone groups is 1. The van der Waals surface area contributed by atoms with E-state index in [1.807, 2.05) is 0 Å². The van der Waals surface area contributed by atoms with Gasteiger partial charge in [-0.05, 0) is 37.5 Å². The van der Waals surface area contributed by atoms with Crippen molar-refractivity contribution in [1.29, 1.82) is 0 Å². The first-order valence-corrected chi connectivity index (χ1v) is 9.14. The molecule has 3 N–H and O–H groups in total. The number of carbonyl (C=O) groups excluding carboxylic acids is 1. The van der Waals surface area contributed by atoms with E-state index in [4.69, 9.17) is 5.73 Å². The average molecular weight is 288 g/mol. The van der Waals surface area contributed by atoms with Crippen molar-refractivity contribution in [3.63, 3.8) is 0 Å². The summed E-state index contributed by atoms with van der Waals surface area (Å²) in [6.45, 7) is 0.218. The van der Waals surface area contributed by atoms with E-state index in [0.29, 0.717) is 11.8 Å². The lowest BCUT2D eigenvalue weighted by Gasteiger charge is -2.43. The normalized spacial score (nSPS) is 34.8. The molecule has 19 heavy (non-hydrogen) atoms. The fourth-order valence-electron chi connectivity index (χ4n) is 3.51. The first-order chi connectivity index (χ1) is 8.87. The monoisotopic (exact) mass is 288 g/mol. The largest absolute Gasteiger partial charge is 0.355 e. The van der Waals surface area contributed by atoms with Gasteiger partial charge >= 0.3 is 0 Å². The molecule has 2 atom stereocenters. The van der Waals surface area contributed by atoms with Crippen molar-refractivity contribution in [3.05, 3.63) is 0 Å². The summed E-state index contributed by atoms with van der Waals surface area (Å²) in [5, 5.41) is 2.75. The highest BCUT2D eigenvalue weighted by Crippen LogP contribution is 2.41. The molecule has 110 valence electrons. The molecule has 2 fully saturated rings. The second-order valence-electron chi connectivity index (χ2n) is 6.12. The Morgan fingerprint density at radius 2 is 1.84 bits per heavy atom. The average Bonchev–Trinajstić information content (AvgIpc) is 2.26. The van der Waals surface area contributed by atoms with Crippen LogP contribution in [0.15, 0.2) is 0 Å². The molecule has 0 aliphatic heterocycles. The van der Waals surface area contributed by atoms with E-state index in [1.165, 1.54) is 12.7 Å². The van der Waals surface area contributed by atoms with Gasteiger partial charge in [-0.25, -0.2) is 8.42 Å². The highest BCUT2D eigenvalue weighted by Gasteiger charge is 2.40. The van der Waals surface area contributed by atoms with Gasteiger partial charge < -0.3 is 11.1 Å². The second-order valence-corrected chi connectivity index (χ2v) is 8.38. The van der Waals surface area contributed by atoms with Crippen molar-refractivity contribution < 1.29 is 13.2 Å². The van der Waals surface area contributed by atoms with E-state index in [0.717, 1.165) is 25.7 Å². The van der Waals surface area contributed by atoms with Crippen molar-refractivity contribution in [2.24, 2.45) is 23.5 Å². The number of amides is 1. The number of hydrogen-bond acceptors (Lipinski definition) is 4. The molecule has 2 bridgehead atoms. The molecule has 2 unspecified atom stereocenters. The summed E-state index contributed by atoms with van der Waals surface area (Å²) in [7, 11) is -3.01. The fourth-order valence-corrected chi connectivity index (χ4v) is 3.98. The molecule has 2 rings (SSSR count). The van der Waals surface area contributed by atoms with E-state index in [9.17, 15) is 13.2 Å². The van der Waals surface area contributed by atoms with Gasteiger partial charge in [-0.3, -0.25) is 4.79 Å². The van der Waals surface area contributed by atoms with E-state index >= 15 is 0 Å². The van der Waals surface area contributed by atoms with Gasteiger partial charge in [0.15, 0.2) is 0 Å². The summed E-state index contributed by atoms with van der Waals surface area (Å²) in [4.78, 5) is 12.1. The molecule has 2 saturated carbocycles. The maximum Gasteiger partial charge on any atom is 0.223 e. The van der Waals surface area contributed by atoms with Gasteiger partial charge in [0.2, 0.25) is 5.91 Å². The number of rotatable bonds is 4. The molecule has 2 aliphatic carbocycles. The Labute approximate surface area is 115 Å². The van der Waals surface area contributed by atoms with Gasteiger partial charge in [0.05, 0.1) is 5.75 Å². The molecule has 0 aromatic carbocycles.